The Morgan fingerprint density at radius 2 is 1.80 bits per heavy atom. The fraction of sp³-hybridized carbons (Fsp3) is 0.850. The molecular formula is C20H33N3O2. The molecule has 1 atom stereocenters. The van der Waals surface area contributed by atoms with Crippen molar-refractivity contribution in [2.75, 3.05) is 59.5 Å². The van der Waals surface area contributed by atoms with Crippen LogP contribution in [0.1, 0.15) is 32.1 Å². The highest BCUT2D eigenvalue weighted by Gasteiger charge is 2.45. The third kappa shape index (κ3) is 3.79. The maximum atomic E-state index is 12.7. The Bertz CT molecular complexity index is 499. The molecule has 3 aliphatic heterocycles. The topological polar surface area (TPSA) is 36.0 Å². The van der Waals surface area contributed by atoms with Crippen LogP contribution >= 0.6 is 0 Å². The van der Waals surface area contributed by atoms with E-state index >= 15 is 0 Å². The predicted octanol–water partition coefficient (Wildman–Crippen LogP) is 1.60. The average molecular weight is 348 g/mol. The molecule has 1 aliphatic carbocycles. The lowest BCUT2D eigenvalue weighted by Crippen LogP contribution is -2.46. The van der Waals surface area contributed by atoms with Crippen LogP contribution in [0.2, 0.25) is 0 Å². The molecule has 140 valence electrons. The SMILES string of the molecule is CN1CC2(CCN(C(=O)C3CC=CC3)CC2)CC1CN1CCOCC1. The number of piperidine rings is 1. The van der Waals surface area contributed by atoms with Crippen LogP contribution in [0.15, 0.2) is 12.2 Å². The number of ether oxygens (including phenoxy) is 1. The van der Waals surface area contributed by atoms with Crippen molar-refractivity contribution in [3.05, 3.63) is 12.2 Å². The molecule has 4 aliphatic rings. The van der Waals surface area contributed by atoms with E-state index < -0.39 is 0 Å². The number of amides is 1. The van der Waals surface area contributed by atoms with Gasteiger partial charge in [-0.3, -0.25) is 9.69 Å². The Morgan fingerprint density at radius 3 is 2.48 bits per heavy atom. The number of hydrogen-bond acceptors (Lipinski definition) is 4. The normalized spacial score (nSPS) is 31.2. The summed E-state index contributed by atoms with van der Waals surface area (Å²) in [5.41, 5.74) is 0.441. The summed E-state index contributed by atoms with van der Waals surface area (Å²) in [4.78, 5) is 19.9. The van der Waals surface area contributed by atoms with Crippen molar-refractivity contribution >= 4 is 5.91 Å². The molecule has 0 aromatic carbocycles. The van der Waals surface area contributed by atoms with Crippen molar-refractivity contribution in [2.24, 2.45) is 11.3 Å². The summed E-state index contributed by atoms with van der Waals surface area (Å²) in [6, 6.07) is 0.666. The van der Waals surface area contributed by atoms with Crippen LogP contribution in [0.25, 0.3) is 0 Å². The number of carbonyl (C=O) groups is 1. The summed E-state index contributed by atoms with van der Waals surface area (Å²) in [7, 11) is 2.29. The Morgan fingerprint density at radius 1 is 1.12 bits per heavy atom. The number of allylic oxidation sites excluding steroid dienone is 2. The highest BCUT2D eigenvalue weighted by molar-refractivity contribution is 5.79. The first-order chi connectivity index (χ1) is 12.2. The molecule has 1 unspecified atom stereocenters. The standard InChI is InChI=1S/C20H33N3O2/c1-21-16-20(14-18(21)15-22-10-12-25-13-11-22)6-8-23(9-7-20)19(24)17-4-2-3-5-17/h2-3,17-18H,4-16H2,1H3. The highest BCUT2D eigenvalue weighted by atomic mass is 16.5. The minimum atomic E-state index is 0.231. The number of hydrogen-bond donors (Lipinski definition) is 0. The fourth-order valence-electron chi connectivity index (χ4n) is 5.30. The van der Waals surface area contributed by atoms with Crippen LogP contribution in [0, 0.1) is 11.3 Å². The number of nitrogens with zero attached hydrogens (tertiary/aromatic N) is 3. The quantitative estimate of drug-likeness (QED) is 0.727. The van der Waals surface area contributed by atoms with Gasteiger partial charge in [-0.1, -0.05) is 12.2 Å². The van der Waals surface area contributed by atoms with E-state index in [-0.39, 0.29) is 5.92 Å². The van der Waals surface area contributed by atoms with E-state index in [4.69, 9.17) is 4.74 Å². The van der Waals surface area contributed by atoms with Gasteiger partial charge in [-0.25, -0.2) is 0 Å². The monoisotopic (exact) mass is 347 g/mol. The summed E-state index contributed by atoms with van der Waals surface area (Å²) >= 11 is 0. The summed E-state index contributed by atoms with van der Waals surface area (Å²) < 4.78 is 5.48. The first-order valence-electron chi connectivity index (χ1n) is 10.1. The van der Waals surface area contributed by atoms with Crippen LogP contribution in [0.3, 0.4) is 0 Å². The maximum Gasteiger partial charge on any atom is 0.226 e. The smallest absolute Gasteiger partial charge is 0.226 e. The van der Waals surface area contributed by atoms with E-state index in [1.807, 2.05) is 0 Å². The summed E-state index contributed by atoms with van der Waals surface area (Å²) in [5.74, 6) is 0.630. The van der Waals surface area contributed by atoms with Crippen molar-refractivity contribution in [1.29, 1.82) is 0 Å². The van der Waals surface area contributed by atoms with Gasteiger partial charge in [-0.15, -0.1) is 0 Å². The van der Waals surface area contributed by atoms with Gasteiger partial charge < -0.3 is 14.5 Å². The van der Waals surface area contributed by atoms with Gasteiger partial charge in [0.25, 0.3) is 0 Å². The number of likely N-dealkylation sites (tertiary alicyclic amines) is 2. The molecule has 0 aromatic rings. The first-order valence-corrected chi connectivity index (χ1v) is 10.1. The molecule has 1 spiro atoms. The molecule has 25 heavy (non-hydrogen) atoms. The summed E-state index contributed by atoms with van der Waals surface area (Å²) in [6.45, 7) is 8.24. The van der Waals surface area contributed by atoms with E-state index in [1.54, 1.807) is 0 Å². The summed E-state index contributed by atoms with van der Waals surface area (Å²) in [6.07, 6.45) is 9.89. The van der Waals surface area contributed by atoms with Gasteiger partial charge in [0.05, 0.1) is 13.2 Å². The molecule has 4 rings (SSSR count). The van der Waals surface area contributed by atoms with Crippen molar-refractivity contribution in [3.8, 4) is 0 Å². The molecular weight excluding hydrogens is 314 g/mol. The van der Waals surface area contributed by atoms with Gasteiger partial charge in [0.2, 0.25) is 5.91 Å². The lowest BCUT2D eigenvalue weighted by Gasteiger charge is -2.40. The van der Waals surface area contributed by atoms with E-state index in [1.165, 1.54) is 32.4 Å². The van der Waals surface area contributed by atoms with Gasteiger partial charge >= 0.3 is 0 Å². The van der Waals surface area contributed by atoms with Crippen LogP contribution in [-0.2, 0) is 9.53 Å². The van der Waals surface area contributed by atoms with Gasteiger partial charge in [-0.2, -0.15) is 0 Å². The molecule has 1 amide bonds. The van der Waals surface area contributed by atoms with E-state index in [9.17, 15) is 4.79 Å². The molecule has 0 radical (unpaired) electrons. The van der Waals surface area contributed by atoms with Gasteiger partial charge in [0.1, 0.15) is 0 Å². The van der Waals surface area contributed by atoms with Crippen LogP contribution < -0.4 is 0 Å². The molecule has 0 aromatic heterocycles. The third-order valence-electron chi connectivity index (χ3n) is 6.94. The molecule has 0 N–H and O–H groups in total. The maximum absolute atomic E-state index is 12.7. The number of morpholine rings is 1. The van der Waals surface area contributed by atoms with E-state index in [0.29, 0.717) is 17.4 Å². The Balaban J connectivity index is 1.29. The molecule has 3 saturated heterocycles. The Hall–Kier alpha value is -0.910. The first kappa shape index (κ1) is 17.5. The zero-order valence-corrected chi connectivity index (χ0v) is 15.7. The Kier molecular flexibility index (Phi) is 5.16. The van der Waals surface area contributed by atoms with E-state index in [0.717, 1.165) is 52.2 Å². The number of carbonyl (C=O) groups excluding carboxylic acids is 1. The van der Waals surface area contributed by atoms with Crippen molar-refractivity contribution in [1.82, 2.24) is 14.7 Å². The van der Waals surface area contributed by atoms with Gasteiger partial charge in [-0.05, 0) is 44.6 Å². The number of rotatable bonds is 3. The largest absolute Gasteiger partial charge is 0.379 e. The molecule has 0 saturated carbocycles. The second-order valence-electron chi connectivity index (χ2n) is 8.65. The van der Waals surface area contributed by atoms with Crippen molar-refractivity contribution in [3.63, 3.8) is 0 Å². The molecule has 3 heterocycles. The van der Waals surface area contributed by atoms with Crippen molar-refractivity contribution in [2.45, 2.75) is 38.1 Å². The lowest BCUT2D eigenvalue weighted by molar-refractivity contribution is -0.137. The average Bonchev–Trinajstić information content (AvgIpc) is 3.25. The van der Waals surface area contributed by atoms with Crippen LogP contribution in [0.5, 0.6) is 0 Å². The predicted molar refractivity (Wildman–Crippen MR) is 98.4 cm³/mol. The summed E-state index contributed by atoms with van der Waals surface area (Å²) in [5, 5.41) is 0. The zero-order valence-electron chi connectivity index (χ0n) is 15.7. The second kappa shape index (κ2) is 7.37. The van der Waals surface area contributed by atoms with Crippen LogP contribution in [0.4, 0.5) is 0 Å². The lowest BCUT2D eigenvalue weighted by atomic mass is 9.76. The Labute approximate surface area is 152 Å². The molecule has 0 bridgehead atoms. The molecule has 5 nitrogen and oxygen atoms in total. The minimum absolute atomic E-state index is 0.231. The van der Waals surface area contributed by atoms with Crippen LogP contribution in [-0.4, -0.2) is 86.2 Å². The van der Waals surface area contributed by atoms with E-state index in [2.05, 4.69) is 33.9 Å². The third-order valence-corrected chi connectivity index (χ3v) is 6.94. The second-order valence-corrected chi connectivity index (χ2v) is 8.65. The molecule has 3 fully saturated rings. The zero-order chi connectivity index (χ0) is 17.3. The van der Waals surface area contributed by atoms with Crippen molar-refractivity contribution < 1.29 is 9.53 Å². The minimum Gasteiger partial charge on any atom is -0.379 e. The highest BCUT2D eigenvalue weighted by Crippen LogP contribution is 2.43. The van der Waals surface area contributed by atoms with Gasteiger partial charge in [0, 0.05) is 51.2 Å². The van der Waals surface area contributed by atoms with Gasteiger partial charge in [0.15, 0.2) is 0 Å². The molecule has 5 heteroatoms. The number of likely N-dealkylation sites (N-methyl/N-ethyl adjacent to an activating group) is 1. The fourth-order valence-corrected chi connectivity index (χ4v) is 5.30.